The lowest BCUT2D eigenvalue weighted by Gasteiger charge is -2.48. The molecule has 140 valence electrons. The molecule has 1 atom stereocenters. The molecule has 2 aromatic carbocycles. The van der Waals surface area contributed by atoms with Gasteiger partial charge in [-0.15, -0.1) is 0 Å². The molecule has 2 aromatic rings. The van der Waals surface area contributed by atoms with E-state index in [-0.39, 0.29) is 18.2 Å². The van der Waals surface area contributed by atoms with E-state index in [1.54, 1.807) is 0 Å². The average molecular weight is 373 g/mol. The zero-order valence-electron chi connectivity index (χ0n) is 18.9. The van der Waals surface area contributed by atoms with Gasteiger partial charge >= 0.3 is 0 Å². The normalized spacial score (nSPS) is 24.2. The maximum Gasteiger partial charge on any atom is 0.261 e. The van der Waals surface area contributed by atoms with E-state index < -0.39 is 20.8 Å². The highest BCUT2D eigenvalue weighted by molar-refractivity contribution is 6.99. The van der Waals surface area contributed by atoms with Crippen LogP contribution in [-0.2, 0) is 9.16 Å². The summed E-state index contributed by atoms with van der Waals surface area (Å²) in [5.74, 6) is 0. The summed E-state index contributed by atoms with van der Waals surface area (Å²) in [5.41, 5.74) is -1.42. The minimum absolute atomic E-state index is 0.0427. The van der Waals surface area contributed by atoms with Crippen LogP contribution in [-0.4, -0.2) is 40.2 Å². The summed E-state index contributed by atoms with van der Waals surface area (Å²) in [4.78, 5) is 0. The van der Waals surface area contributed by atoms with Gasteiger partial charge in [0, 0.05) is 17.2 Å². The Labute approximate surface area is 163 Å². The third kappa shape index (κ3) is 3.79. The highest BCUT2D eigenvalue weighted by Crippen LogP contribution is 2.39. The maximum atomic E-state index is 8.39. The van der Waals surface area contributed by atoms with Crippen LogP contribution >= 0.6 is 0 Å². The molecular formula is C22H31NO2Si. The molecule has 0 aromatic heterocycles. The summed E-state index contributed by atoms with van der Waals surface area (Å²) >= 11 is 0. The van der Waals surface area contributed by atoms with E-state index in [9.17, 15) is 0 Å². The molecule has 1 N–H and O–H groups in total. The van der Waals surface area contributed by atoms with E-state index >= 15 is 0 Å². The Balaban J connectivity index is 2.27. The molecule has 0 bridgehead atoms. The first-order valence-corrected chi connectivity index (χ1v) is 11.1. The molecule has 1 heterocycles. The Morgan fingerprint density at radius 1 is 1.04 bits per heavy atom. The van der Waals surface area contributed by atoms with Crippen molar-refractivity contribution in [3.05, 3.63) is 60.7 Å². The average Bonchev–Trinajstić information content (AvgIpc) is 2.93. The number of nitrogens with one attached hydrogen (secondary N) is 1. The van der Waals surface area contributed by atoms with Gasteiger partial charge in [-0.3, -0.25) is 0 Å². The Morgan fingerprint density at radius 2 is 1.62 bits per heavy atom. The predicted molar refractivity (Wildman–Crippen MR) is 111 cm³/mol. The molecule has 1 aliphatic heterocycles. The van der Waals surface area contributed by atoms with Crippen LogP contribution in [0.15, 0.2) is 60.7 Å². The SMILES string of the molecule is [2H]C([2H])([2H])C1(O[Si](c2ccccc2)(c2ccccc2)C(C)(C)C)CNCCOC1. The van der Waals surface area contributed by atoms with Crippen LogP contribution in [0.5, 0.6) is 0 Å². The summed E-state index contributed by atoms with van der Waals surface area (Å²) in [5, 5.41) is 5.05. The molecule has 1 saturated heterocycles. The van der Waals surface area contributed by atoms with Crippen molar-refractivity contribution in [2.75, 3.05) is 26.3 Å². The second-order valence-corrected chi connectivity index (χ2v) is 12.2. The Hall–Kier alpha value is -1.46. The minimum atomic E-state index is -3.02. The van der Waals surface area contributed by atoms with Gasteiger partial charge in [0.15, 0.2) is 0 Å². The number of rotatable bonds is 4. The highest BCUT2D eigenvalue weighted by atomic mass is 28.4. The number of hydrogen-bond acceptors (Lipinski definition) is 3. The lowest BCUT2D eigenvalue weighted by atomic mass is 10.1. The van der Waals surface area contributed by atoms with E-state index in [4.69, 9.17) is 13.3 Å². The first-order chi connectivity index (χ1) is 13.6. The zero-order chi connectivity index (χ0) is 21.2. The van der Waals surface area contributed by atoms with Gasteiger partial charge in [-0.25, -0.2) is 0 Å². The fourth-order valence-corrected chi connectivity index (χ4v) is 8.38. The predicted octanol–water partition coefficient (Wildman–Crippen LogP) is 2.94. The Bertz CT molecular complexity index is 744. The monoisotopic (exact) mass is 372 g/mol. The molecule has 3 rings (SSSR count). The summed E-state index contributed by atoms with van der Waals surface area (Å²) in [6.07, 6.45) is 0. The van der Waals surface area contributed by atoms with E-state index in [2.05, 4.69) is 50.4 Å². The third-order valence-electron chi connectivity index (χ3n) is 4.93. The van der Waals surface area contributed by atoms with Gasteiger partial charge in [0.2, 0.25) is 0 Å². The highest BCUT2D eigenvalue weighted by Gasteiger charge is 2.53. The van der Waals surface area contributed by atoms with E-state index in [0.717, 1.165) is 10.4 Å². The van der Waals surface area contributed by atoms with Gasteiger partial charge in [-0.2, -0.15) is 0 Å². The maximum absolute atomic E-state index is 8.39. The standard InChI is InChI=1S/C22H31NO2Si/c1-21(2,3)26(19-11-7-5-8-12-19,20-13-9-6-10-14-20)25-22(4)17-23-15-16-24-18-22/h5-14,23H,15-18H2,1-4H3/i4D3. The summed E-state index contributed by atoms with van der Waals surface area (Å²) in [6, 6.07) is 20.2. The summed E-state index contributed by atoms with van der Waals surface area (Å²) in [6.45, 7) is 5.47. The van der Waals surface area contributed by atoms with Gasteiger partial charge in [0.25, 0.3) is 8.32 Å². The molecule has 0 aliphatic carbocycles. The molecule has 0 amide bonds. The third-order valence-corrected chi connectivity index (χ3v) is 10.0. The van der Waals surface area contributed by atoms with Crippen LogP contribution in [0.25, 0.3) is 0 Å². The van der Waals surface area contributed by atoms with E-state index in [0.29, 0.717) is 13.2 Å². The molecule has 3 nitrogen and oxygen atoms in total. The van der Waals surface area contributed by atoms with Gasteiger partial charge in [-0.05, 0) is 22.3 Å². The molecule has 1 fully saturated rings. The Kier molecular flexibility index (Phi) is 4.58. The van der Waals surface area contributed by atoms with Gasteiger partial charge < -0.3 is 14.5 Å². The molecule has 0 spiro atoms. The zero-order valence-corrected chi connectivity index (χ0v) is 16.9. The molecule has 1 aliphatic rings. The molecule has 0 radical (unpaired) electrons. The van der Waals surface area contributed by atoms with Gasteiger partial charge in [0.1, 0.15) is 0 Å². The smallest absolute Gasteiger partial charge is 0.261 e. The number of hydrogen-bond donors (Lipinski definition) is 1. The van der Waals surface area contributed by atoms with Crippen LogP contribution in [0.2, 0.25) is 5.04 Å². The summed E-state index contributed by atoms with van der Waals surface area (Å²) < 4.78 is 38.0. The topological polar surface area (TPSA) is 30.5 Å². The van der Waals surface area contributed by atoms with Crippen molar-refractivity contribution in [2.24, 2.45) is 0 Å². The van der Waals surface area contributed by atoms with Crippen molar-refractivity contribution >= 4 is 18.7 Å². The van der Waals surface area contributed by atoms with Crippen LogP contribution < -0.4 is 15.7 Å². The van der Waals surface area contributed by atoms with Crippen molar-refractivity contribution in [3.63, 3.8) is 0 Å². The Morgan fingerprint density at radius 3 is 2.12 bits per heavy atom. The lowest BCUT2D eigenvalue weighted by molar-refractivity contribution is -0.00149. The second-order valence-electron chi connectivity index (χ2n) is 7.99. The van der Waals surface area contributed by atoms with Crippen LogP contribution in [0.3, 0.4) is 0 Å². The molecular weight excluding hydrogens is 338 g/mol. The number of ether oxygens (including phenoxy) is 1. The van der Waals surface area contributed by atoms with Crippen molar-refractivity contribution in [2.45, 2.75) is 38.3 Å². The molecule has 26 heavy (non-hydrogen) atoms. The van der Waals surface area contributed by atoms with Crippen LogP contribution in [0, 0.1) is 0 Å². The van der Waals surface area contributed by atoms with Gasteiger partial charge in [0.05, 0.1) is 18.8 Å². The fourth-order valence-electron chi connectivity index (χ4n) is 3.73. The van der Waals surface area contributed by atoms with E-state index in [1.165, 1.54) is 0 Å². The minimum Gasteiger partial charge on any atom is -0.399 e. The molecule has 1 unspecified atom stereocenters. The molecule has 4 heteroatoms. The summed E-state index contributed by atoms with van der Waals surface area (Å²) in [7, 11) is -3.02. The largest absolute Gasteiger partial charge is 0.399 e. The molecule has 0 saturated carbocycles. The fraction of sp³-hybridized carbons (Fsp3) is 0.455. The van der Waals surface area contributed by atoms with Crippen molar-refractivity contribution < 1.29 is 13.3 Å². The quantitative estimate of drug-likeness (QED) is 0.837. The lowest BCUT2D eigenvalue weighted by Crippen LogP contribution is -2.70. The van der Waals surface area contributed by atoms with Crippen LogP contribution in [0.1, 0.15) is 31.7 Å². The van der Waals surface area contributed by atoms with Crippen molar-refractivity contribution in [1.29, 1.82) is 0 Å². The van der Waals surface area contributed by atoms with Crippen molar-refractivity contribution in [1.82, 2.24) is 5.32 Å². The first kappa shape index (κ1) is 15.6. The van der Waals surface area contributed by atoms with Crippen molar-refractivity contribution in [3.8, 4) is 0 Å². The second kappa shape index (κ2) is 7.65. The van der Waals surface area contributed by atoms with Gasteiger partial charge in [-0.1, -0.05) is 81.4 Å². The van der Waals surface area contributed by atoms with E-state index in [1.807, 2.05) is 36.4 Å². The number of benzene rings is 2. The van der Waals surface area contributed by atoms with Crippen LogP contribution in [0.4, 0.5) is 0 Å². The first-order valence-electron chi connectivity index (χ1n) is 10.7.